The summed E-state index contributed by atoms with van der Waals surface area (Å²) in [4.78, 5) is 17.1. The molecule has 126 valence electrons. The molecule has 1 saturated carbocycles. The zero-order valence-electron chi connectivity index (χ0n) is 13.3. The van der Waals surface area contributed by atoms with E-state index in [1.165, 1.54) is 23.5 Å². The van der Waals surface area contributed by atoms with Crippen molar-refractivity contribution < 1.29 is 9.18 Å². The molecule has 0 spiro atoms. The Hall–Kier alpha value is -2.67. The standard InChI is InChI=1S/C18H15FN4OS/c19-13-7-5-12(6-8-13)18(9-3-10-18)16(24)21-17-23-22-15(25-17)14-4-1-2-11-20-14/h1-2,4-8,11H,3,9-10H2,(H,21,23,24). The van der Waals surface area contributed by atoms with E-state index in [4.69, 9.17) is 0 Å². The van der Waals surface area contributed by atoms with Crippen LogP contribution in [0.25, 0.3) is 10.7 Å². The van der Waals surface area contributed by atoms with Gasteiger partial charge in [0.2, 0.25) is 11.0 Å². The Labute approximate surface area is 148 Å². The van der Waals surface area contributed by atoms with Gasteiger partial charge in [-0.05, 0) is 42.7 Å². The number of rotatable bonds is 4. The summed E-state index contributed by atoms with van der Waals surface area (Å²) in [5, 5.41) is 12.1. The lowest BCUT2D eigenvalue weighted by molar-refractivity contribution is -0.124. The van der Waals surface area contributed by atoms with Crippen molar-refractivity contribution in [3.05, 3.63) is 60.0 Å². The Balaban J connectivity index is 1.55. The van der Waals surface area contributed by atoms with Crippen molar-refractivity contribution in [1.29, 1.82) is 0 Å². The second-order valence-corrected chi connectivity index (χ2v) is 7.00. The minimum Gasteiger partial charge on any atom is -0.300 e. The second-order valence-electron chi connectivity index (χ2n) is 6.02. The number of pyridine rings is 1. The number of amides is 1. The number of carbonyl (C=O) groups is 1. The third-order valence-corrected chi connectivity index (χ3v) is 5.43. The summed E-state index contributed by atoms with van der Waals surface area (Å²) >= 11 is 1.29. The summed E-state index contributed by atoms with van der Waals surface area (Å²) in [7, 11) is 0. The Kier molecular flexibility index (Phi) is 4.01. The molecule has 5 nitrogen and oxygen atoms in total. The summed E-state index contributed by atoms with van der Waals surface area (Å²) in [5.41, 5.74) is 0.953. The average Bonchev–Trinajstić information content (AvgIpc) is 3.05. The average molecular weight is 354 g/mol. The molecule has 1 fully saturated rings. The van der Waals surface area contributed by atoms with Crippen molar-refractivity contribution in [3.63, 3.8) is 0 Å². The maximum Gasteiger partial charge on any atom is 0.236 e. The van der Waals surface area contributed by atoms with Gasteiger partial charge in [-0.2, -0.15) is 0 Å². The second kappa shape index (κ2) is 6.33. The van der Waals surface area contributed by atoms with Gasteiger partial charge in [0.1, 0.15) is 11.5 Å². The molecule has 1 aliphatic rings. The highest BCUT2D eigenvalue weighted by Gasteiger charge is 2.45. The number of hydrogen-bond acceptors (Lipinski definition) is 5. The molecule has 1 amide bonds. The van der Waals surface area contributed by atoms with Crippen LogP contribution in [0.3, 0.4) is 0 Å². The molecule has 25 heavy (non-hydrogen) atoms. The third kappa shape index (κ3) is 2.91. The number of halogens is 1. The topological polar surface area (TPSA) is 67.8 Å². The fraction of sp³-hybridized carbons (Fsp3) is 0.222. The molecule has 7 heteroatoms. The number of benzene rings is 1. The summed E-state index contributed by atoms with van der Waals surface area (Å²) in [6, 6.07) is 11.7. The Morgan fingerprint density at radius 1 is 1.12 bits per heavy atom. The Morgan fingerprint density at radius 2 is 1.92 bits per heavy atom. The lowest BCUT2D eigenvalue weighted by Gasteiger charge is -2.40. The van der Waals surface area contributed by atoms with Crippen LogP contribution >= 0.6 is 11.3 Å². The molecule has 2 aromatic heterocycles. The van der Waals surface area contributed by atoms with Crippen LogP contribution in [0, 0.1) is 5.82 Å². The minimum absolute atomic E-state index is 0.117. The quantitative estimate of drug-likeness (QED) is 0.774. The lowest BCUT2D eigenvalue weighted by Crippen LogP contribution is -2.46. The van der Waals surface area contributed by atoms with Gasteiger partial charge in [0.15, 0.2) is 5.01 Å². The maximum absolute atomic E-state index is 13.2. The van der Waals surface area contributed by atoms with Crippen LogP contribution in [-0.4, -0.2) is 21.1 Å². The molecule has 0 saturated heterocycles. The van der Waals surface area contributed by atoms with Crippen LogP contribution in [0.15, 0.2) is 48.7 Å². The minimum atomic E-state index is -0.607. The highest BCUT2D eigenvalue weighted by molar-refractivity contribution is 7.18. The van der Waals surface area contributed by atoms with E-state index < -0.39 is 5.41 Å². The first kappa shape index (κ1) is 15.8. The van der Waals surface area contributed by atoms with Crippen molar-refractivity contribution in [2.75, 3.05) is 5.32 Å². The predicted octanol–water partition coefficient (Wildman–Crippen LogP) is 3.80. The van der Waals surface area contributed by atoms with Crippen molar-refractivity contribution >= 4 is 22.4 Å². The molecule has 1 aliphatic carbocycles. The van der Waals surface area contributed by atoms with Gasteiger partial charge < -0.3 is 0 Å². The van der Waals surface area contributed by atoms with E-state index in [0.717, 1.165) is 30.5 Å². The van der Waals surface area contributed by atoms with Crippen molar-refractivity contribution in [2.45, 2.75) is 24.7 Å². The molecular weight excluding hydrogens is 339 g/mol. The van der Waals surface area contributed by atoms with Crippen LogP contribution in [0.2, 0.25) is 0 Å². The summed E-state index contributed by atoms with van der Waals surface area (Å²) in [6.07, 6.45) is 4.15. The van der Waals surface area contributed by atoms with Crippen LogP contribution < -0.4 is 5.32 Å². The molecule has 0 bridgehead atoms. The highest BCUT2D eigenvalue weighted by atomic mass is 32.1. The van der Waals surface area contributed by atoms with Gasteiger partial charge >= 0.3 is 0 Å². The van der Waals surface area contributed by atoms with E-state index in [1.807, 2.05) is 18.2 Å². The first-order valence-electron chi connectivity index (χ1n) is 8.00. The number of anilines is 1. The van der Waals surface area contributed by atoms with Gasteiger partial charge in [-0.25, -0.2) is 4.39 Å². The van der Waals surface area contributed by atoms with E-state index in [0.29, 0.717) is 10.1 Å². The first-order chi connectivity index (χ1) is 12.2. The largest absolute Gasteiger partial charge is 0.300 e. The van der Waals surface area contributed by atoms with Crippen LogP contribution in [0.4, 0.5) is 9.52 Å². The molecule has 0 radical (unpaired) electrons. The van der Waals surface area contributed by atoms with E-state index in [9.17, 15) is 9.18 Å². The number of nitrogens with zero attached hydrogens (tertiary/aromatic N) is 3. The summed E-state index contributed by atoms with van der Waals surface area (Å²) in [6.45, 7) is 0. The number of nitrogens with one attached hydrogen (secondary N) is 1. The molecule has 1 aromatic carbocycles. The highest BCUT2D eigenvalue weighted by Crippen LogP contribution is 2.44. The van der Waals surface area contributed by atoms with Crippen LogP contribution in [-0.2, 0) is 10.2 Å². The van der Waals surface area contributed by atoms with Crippen molar-refractivity contribution in [2.24, 2.45) is 0 Å². The van der Waals surface area contributed by atoms with E-state index in [1.54, 1.807) is 18.3 Å². The summed E-state index contributed by atoms with van der Waals surface area (Å²) in [5.74, 6) is -0.420. The molecule has 2 heterocycles. The molecule has 1 N–H and O–H groups in total. The van der Waals surface area contributed by atoms with Gasteiger partial charge in [-0.3, -0.25) is 15.1 Å². The van der Waals surface area contributed by atoms with E-state index >= 15 is 0 Å². The Bertz CT molecular complexity index is 891. The monoisotopic (exact) mass is 354 g/mol. The molecule has 0 unspecified atom stereocenters. The fourth-order valence-corrected chi connectivity index (χ4v) is 3.74. The normalized spacial score (nSPS) is 15.4. The first-order valence-corrected chi connectivity index (χ1v) is 8.81. The van der Waals surface area contributed by atoms with Gasteiger partial charge in [0.25, 0.3) is 0 Å². The molecular formula is C18H15FN4OS. The van der Waals surface area contributed by atoms with Gasteiger partial charge in [-0.15, -0.1) is 10.2 Å². The molecule has 3 aromatic rings. The number of aromatic nitrogens is 3. The zero-order valence-corrected chi connectivity index (χ0v) is 14.1. The maximum atomic E-state index is 13.2. The molecule has 0 atom stereocenters. The summed E-state index contributed by atoms with van der Waals surface area (Å²) < 4.78 is 13.2. The van der Waals surface area contributed by atoms with Crippen molar-refractivity contribution in [3.8, 4) is 10.7 Å². The third-order valence-electron chi connectivity index (χ3n) is 4.57. The van der Waals surface area contributed by atoms with Gasteiger partial charge in [0, 0.05) is 6.20 Å². The fourth-order valence-electron chi connectivity index (χ4n) is 3.03. The number of carbonyl (C=O) groups excluding carboxylic acids is 1. The van der Waals surface area contributed by atoms with Gasteiger partial charge in [0.05, 0.1) is 5.41 Å². The molecule has 0 aliphatic heterocycles. The predicted molar refractivity (Wildman–Crippen MR) is 93.7 cm³/mol. The lowest BCUT2D eigenvalue weighted by atomic mass is 9.64. The van der Waals surface area contributed by atoms with E-state index in [2.05, 4.69) is 20.5 Å². The Morgan fingerprint density at radius 3 is 2.56 bits per heavy atom. The van der Waals surface area contributed by atoms with E-state index in [-0.39, 0.29) is 11.7 Å². The number of hydrogen-bond donors (Lipinski definition) is 1. The van der Waals surface area contributed by atoms with Crippen molar-refractivity contribution in [1.82, 2.24) is 15.2 Å². The zero-order chi connectivity index (χ0) is 17.3. The van der Waals surface area contributed by atoms with Crippen LogP contribution in [0.1, 0.15) is 24.8 Å². The SMILES string of the molecule is O=C(Nc1nnc(-c2ccccn2)s1)C1(c2ccc(F)cc2)CCC1. The molecule has 4 rings (SSSR count). The van der Waals surface area contributed by atoms with Crippen LogP contribution in [0.5, 0.6) is 0 Å². The smallest absolute Gasteiger partial charge is 0.236 e. The van der Waals surface area contributed by atoms with Gasteiger partial charge in [-0.1, -0.05) is 36.0 Å².